The van der Waals surface area contributed by atoms with Crippen LogP contribution in [0, 0.1) is 0 Å². The standard InChI is InChI=1S/C25H33N3O3/c1-4-15-25(3,27-23(29)19(2)31-22-13-6-5-7-14-22)24(30)26-20-11-10-12-21(18-20)28-16-8-9-17-28/h5-7,10-14,18-19H,4,8-9,15-17H2,1-3H3,(H,26,30)(H,27,29)/t19-,25+/m1/s1. The Hall–Kier alpha value is -3.02. The van der Waals surface area contributed by atoms with E-state index in [2.05, 4.69) is 21.6 Å². The first-order valence-corrected chi connectivity index (χ1v) is 11.1. The van der Waals surface area contributed by atoms with Crippen LogP contribution in [0.25, 0.3) is 0 Å². The SMILES string of the molecule is CCC[C@](C)(NC(=O)[C@@H](C)Oc1ccccc1)C(=O)Nc1cccc(N2CCCC2)c1. The van der Waals surface area contributed by atoms with Gasteiger partial charge in [0.25, 0.3) is 5.91 Å². The molecule has 6 heteroatoms. The lowest BCUT2D eigenvalue weighted by Gasteiger charge is -2.31. The third kappa shape index (κ3) is 6.00. The highest BCUT2D eigenvalue weighted by atomic mass is 16.5. The second-order valence-electron chi connectivity index (χ2n) is 8.34. The molecule has 2 aromatic carbocycles. The number of para-hydroxylation sites is 1. The number of carbonyl (C=O) groups is 2. The highest BCUT2D eigenvalue weighted by molar-refractivity contribution is 6.01. The number of rotatable bonds is 9. The smallest absolute Gasteiger partial charge is 0.261 e. The van der Waals surface area contributed by atoms with E-state index in [0.717, 1.165) is 30.9 Å². The number of hydrogen-bond donors (Lipinski definition) is 2. The lowest BCUT2D eigenvalue weighted by atomic mass is 9.94. The van der Waals surface area contributed by atoms with Crippen molar-refractivity contribution in [1.82, 2.24) is 5.32 Å². The van der Waals surface area contributed by atoms with Crippen molar-refractivity contribution < 1.29 is 14.3 Å². The molecule has 31 heavy (non-hydrogen) atoms. The first-order valence-electron chi connectivity index (χ1n) is 11.1. The highest BCUT2D eigenvalue weighted by Crippen LogP contribution is 2.24. The minimum absolute atomic E-state index is 0.229. The maximum Gasteiger partial charge on any atom is 0.261 e. The molecule has 0 unspecified atom stereocenters. The van der Waals surface area contributed by atoms with E-state index in [0.29, 0.717) is 12.2 Å². The van der Waals surface area contributed by atoms with Crippen LogP contribution < -0.4 is 20.3 Å². The average Bonchev–Trinajstić information content (AvgIpc) is 3.30. The van der Waals surface area contributed by atoms with Crippen molar-refractivity contribution in [1.29, 1.82) is 0 Å². The molecule has 2 amide bonds. The van der Waals surface area contributed by atoms with Crippen molar-refractivity contribution in [3.8, 4) is 5.75 Å². The van der Waals surface area contributed by atoms with Crippen LogP contribution in [0.4, 0.5) is 11.4 Å². The van der Waals surface area contributed by atoms with Gasteiger partial charge < -0.3 is 20.3 Å². The van der Waals surface area contributed by atoms with Gasteiger partial charge in [-0.25, -0.2) is 0 Å². The Morgan fingerprint density at radius 2 is 1.81 bits per heavy atom. The summed E-state index contributed by atoms with van der Waals surface area (Å²) in [6.07, 6.45) is 2.95. The van der Waals surface area contributed by atoms with Crippen molar-refractivity contribution in [3.63, 3.8) is 0 Å². The van der Waals surface area contributed by atoms with Gasteiger partial charge in [-0.3, -0.25) is 9.59 Å². The number of nitrogens with one attached hydrogen (secondary N) is 2. The van der Waals surface area contributed by atoms with E-state index in [1.54, 1.807) is 26.0 Å². The largest absolute Gasteiger partial charge is 0.481 e. The van der Waals surface area contributed by atoms with E-state index >= 15 is 0 Å². The minimum atomic E-state index is -1.04. The summed E-state index contributed by atoms with van der Waals surface area (Å²) in [6, 6.07) is 17.1. The molecule has 0 bridgehead atoms. The molecule has 1 fully saturated rings. The number of amides is 2. The molecule has 166 valence electrons. The van der Waals surface area contributed by atoms with Gasteiger partial charge in [0.05, 0.1) is 0 Å². The van der Waals surface area contributed by atoms with Gasteiger partial charge in [-0.15, -0.1) is 0 Å². The quantitative estimate of drug-likeness (QED) is 0.628. The van der Waals surface area contributed by atoms with Gasteiger partial charge in [-0.2, -0.15) is 0 Å². The summed E-state index contributed by atoms with van der Waals surface area (Å²) in [5, 5.41) is 5.92. The Bertz CT molecular complexity index is 881. The van der Waals surface area contributed by atoms with Crippen molar-refractivity contribution in [2.24, 2.45) is 0 Å². The molecule has 2 aromatic rings. The maximum atomic E-state index is 13.2. The predicted octanol–water partition coefficient (Wildman–Crippen LogP) is 4.37. The molecule has 3 rings (SSSR count). The predicted molar refractivity (Wildman–Crippen MR) is 125 cm³/mol. The zero-order chi connectivity index (χ0) is 22.3. The third-order valence-corrected chi connectivity index (χ3v) is 5.65. The Morgan fingerprint density at radius 1 is 1.10 bits per heavy atom. The van der Waals surface area contributed by atoms with E-state index in [4.69, 9.17) is 4.74 Å². The molecule has 0 radical (unpaired) electrons. The Kier molecular flexibility index (Phi) is 7.55. The summed E-state index contributed by atoms with van der Waals surface area (Å²) >= 11 is 0. The van der Waals surface area contributed by atoms with Gasteiger partial charge >= 0.3 is 0 Å². The molecule has 1 aliphatic heterocycles. The van der Waals surface area contributed by atoms with Crippen LogP contribution in [0.1, 0.15) is 46.5 Å². The van der Waals surface area contributed by atoms with Gasteiger partial charge in [0, 0.05) is 24.5 Å². The van der Waals surface area contributed by atoms with Gasteiger partial charge in [-0.1, -0.05) is 37.6 Å². The summed E-state index contributed by atoms with van der Waals surface area (Å²) in [7, 11) is 0. The van der Waals surface area contributed by atoms with Crippen LogP contribution in [0.5, 0.6) is 5.75 Å². The molecule has 0 aromatic heterocycles. The Morgan fingerprint density at radius 3 is 2.48 bits per heavy atom. The van der Waals surface area contributed by atoms with Gasteiger partial charge in [-0.05, 0) is 63.4 Å². The minimum Gasteiger partial charge on any atom is -0.481 e. The highest BCUT2D eigenvalue weighted by Gasteiger charge is 2.35. The fourth-order valence-corrected chi connectivity index (χ4v) is 3.89. The number of anilines is 2. The zero-order valence-electron chi connectivity index (χ0n) is 18.7. The molecule has 2 atom stereocenters. The Balaban J connectivity index is 1.67. The molecule has 1 aliphatic rings. The third-order valence-electron chi connectivity index (χ3n) is 5.65. The molecular weight excluding hydrogens is 390 g/mol. The van der Waals surface area contributed by atoms with Gasteiger partial charge in [0.1, 0.15) is 11.3 Å². The van der Waals surface area contributed by atoms with Crippen molar-refractivity contribution >= 4 is 23.2 Å². The first kappa shape index (κ1) is 22.7. The van der Waals surface area contributed by atoms with E-state index in [9.17, 15) is 9.59 Å². The van der Waals surface area contributed by atoms with Crippen LogP contribution >= 0.6 is 0 Å². The van der Waals surface area contributed by atoms with Crippen LogP contribution in [-0.2, 0) is 9.59 Å². The fraction of sp³-hybridized carbons (Fsp3) is 0.440. The number of carbonyl (C=O) groups excluding carboxylic acids is 2. The zero-order valence-corrected chi connectivity index (χ0v) is 18.7. The second-order valence-corrected chi connectivity index (χ2v) is 8.34. The van der Waals surface area contributed by atoms with Gasteiger partial charge in [0.15, 0.2) is 6.10 Å². The van der Waals surface area contributed by atoms with E-state index in [-0.39, 0.29) is 11.8 Å². The number of hydrogen-bond acceptors (Lipinski definition) is 4. The molecule has 1 heterocycles. The lowest BCUT2D eigenvalue weighted by molar-refractivity contribution is -0.134. The monoisotopic (exact) mass is 423 g/mol. The van der Waals surface area contributed by atoms with Gasteiger partial charge in [0.2, 0.25) is 5.91 Å². The number of benzene rings is 2. The Labute approximate surface area is 185 Å². The van der Waals surface area contributed by atoms with Crippen LogP contribution in [0.2, 0.25) is 0 Å². The summed E-state index contributed by atoms with van der Waals surface area (Å²) in [6.45, 7) is 7.53. The van der Waals surface area contributed by atoms with E-state index < -0.39 is 11.6 Å². The fourth-order valence-electron chi connectivity index (χ4n) is 3.89. The molecule has 0 spiro atoms. The summed E-state index contributed by atoms with van der Waals surface area (Å²) in [5.41, 5.74) is 0.810. The van der Waals surface area contributed by atoms with E-state index in [1.807, 2.05) is 43.3 Å². The van der Waals surface area contributed by atoms with Crippen molar-refractivity contribution in [3.05, 3.63) is 54.6 Å². The first-order chi connectivity index (χ1) is 14.9. The molecular formula is C25H33N3O3. The molecule has 6 nitrogen and oxygen atoms in total. The normalized spacial score (nSPS) is 16.3. The molecule has 0 aliphatic carbocycles. The summed E-state index contributed by atoms with van der Waals surface area (Å²) < 4.78 is 5.72. The van der Waals surface area contributed by atoms with Crippen molar-refractivity contribution in [2.45, 2.75) is 58.1 Å². The van der Waals surface area contributed by atoms with Crippen molar-refractivity contribution in [2.75, 3.05) is 23.3 Å². The molecule has 1 saturated heterocycles. The molecule has 0 saturated carbocycles. The number of ether oxygens (including phenoxy) is 1. The summed E-state index contributed by atoms with van der Waals surface area (Å²) in [5.74, 6) is 0.0690. The maximum absolute atomic E-state index is 13.2. The average molecular weight is 424 g/mol. The topological polar surface area (TPSA) is 70.7 Å². The van der Waals surface area contributed by atoms with Crippen LogP contribution in [0.3, 0.4) is 0 Å². The summed E-state index contributed by atoms with van der Waals surface area (Å²) in [4.78, 5) is 28.3. The van der Waals surface area contributed by atoms with Crippen LogP contribution in [0.15, 0.2) is 54.6 Å². The second kappa shape index (κ2) is 10.3. The lowest BCUT2D eigenvalue weighted by Crippen LogP contribution is -2.57. The number of nitrogens with zero attached hydrogens (tertiary/aromatic N) is 1. The van der Waals surface area contributed by atoms with Crippen LogP contribution in [-0.4, -0.2) is 36.5 Å². The van der Waals surface area contributed by atoms with E-state index in [1.165, 1.54) is 12.8 Å². The molecule has 2 N–H and O–H groups in total.